The van der Waals surface area contributed by atoms with E-state index in [9.17, 15) is 9.59 Å². The highest BCUT2D eigenvalue weighted by Gasteiger charge is 2.43. The quantitative estimate of drug-likeness (QED) is 0.507. The SMILES string of the molecule is COc1c(C=NNC(=O)C2CC2c2ccccc2)c(CCN(C)C(C)=O)cc2c1OCO2. The molecule has 0 spiro atoms. The van der Waals surface area contributed by atoms with Crippen LogP contribution in [0.25, 0.3) is 0 Å². The van der Waals surface area contributed by atoms with Gasteiger partial charge >= 0.3 is 0 Å². The van der Waals surface area contributed by atoms with Crippen LogP contribution in [0.2, 0.25) is 0 Å². The summed E-state index contributed by atoms with van der Waals surface area (Å²) in [5.74, 6) is 1.64. The molecule has 4 rings (SSSR count). The molecule has 8 nitrogen and oxygen atoms in total. The largest absolute Gasteiger partial charge is 0.492 e. The number of amides is 2. The molecule has 2 aromatic rings. The van der Waals surface area contributed by atoms with Crippen LogP contribution in [0.5, 0.6) is 17.2 Å². The first-order valence-electron chi connectivity index (χ1n) is 10.6. The molecule has 1 saturated carbocycles. The van der Waals surface area contributed by atoms with E-state index in [4.69, 9.17) is 14.2 Å². The zero-order valence-electron chi connectivity index (χ0n) is 18.5. The maximum atomic E-state index is 12.6. The molecule has 2 aliphatic rings. The maximum Gasteiger partial charge on any atom is 0.243 e. The lowest BCUT2D eigenvalue weighted by molar-refractivity contribution is -0.127. The van der Waals surface area contributed by atoms with Gasteiger partial charge in [0.15, 0.2) is 11.5 Å². The lowest BCUT2D eigenvalue weighted by Crippen LogP contribution is -2.26. The van der Waals surface area contributed by atoms with Gasteiger partial charge in [0.25, 0.3) is 0 Å². The van der Waals surface area contributed by atoms with Crippen molar-refractivity contribution in [2.45, 2.75) is 25.7 Å². The first-order valence-corrected chi connectivity index (χ1v) is 10.6. The molecule has 2 unspecified atom stereocenters. The molecule has 1 heterocycles. The second-order valence-electron chi connectivity index (χ2n) is 8.00. The highest BCUT2D eigenvalue weighted by atomic mass is 16.7. The lowest BCUT2D eigenvalue weighted by Gasteiger charge is -2.17. The third kappa shape index (κ3) is 4.54. The number of ether oxygens (including phenoxy) is 3. The Labute approximate surface area is 187 Å². The Morgan fingerprint density at radius 2 is 2.06 bits per heavy atom. The smallest absolute Gasteiger partial charge is 0.243 e. The maximum absolute atomic E-state index is 12.6. The Morgan fingerprint density at radius 1 is 1.28 bits per heavy atom. The fourth-order valence-electron chi connectivity index (χ4n) is 3.87. The van der Waals surface area contributed by atoms with E-state index in [0.29, 0.717) is 35.8 Å². The normalized spacial score (nSPS) is 18.5. The van der Waals surface area contributed by atoms with Gasteiger partial charge in [-0.1, -0.05) is 30.3 Å². The van der Waals surface area contributed by atoms with Crippen LogP contribution in [0.3, 0.4) is 0 Å². The Bertz CT molecular complexity index is 1040. The summed E-state index contributed by atoms with van der Waals surface area (Å²) in [5.41, 5.74) is 5.40. The minimum atomic E-state index is -0.104. The molecule has 1 N–H and O–H groups in total. The van der Waals surface area contributed by atoms with E-state index in [0.717, 1.165) is 12.0 Å². The number of benzene rings is 2. The van der Waals surface area contributed by atoms with E-state index in [1.54, 1.807) is 25.3 Å². The molecule has 2 amide bonds. The van der Waals surface area contributed by atoms with E-state index in [2.05, 4.69) is 10.5 Å². The number of likely N-dealkylation sites (N-methyl/N-ethyl adjacent to an activating group) is 1. The van der Waals surface area contributed by atoms with Gasteiger partial charge in [0.05, 0.1) is 13.3 Å². The number of nitrogens with one attached hydrogen (secondary N) is 1. The van der Waals surface area contributed by atoms with Gasteiger partial charge < -0.3 is 19.1 Å². The summed E-state index contributed by atoms with van der Waals surface area (Å²) in [6.07, 6.45) is 2.96. The number of hydrazone groups is 1. The molecule has 0 saturated heterocycles. The number of hydrogen-bond donors (Lipinski definition) is 1. The second-order valence-corrected chi connectivity index (χ2v) is 8.00. The summed E-state index contributed by atoms with van der Waals surface area (Å²) >= 11 is 0. The average Bonchev–Trinajstić information content (AvgIpc) is 3.47. The number of fused-ring (bicyclic) bond motifs is 1. The highest BCUT2D eigenvalue weighted by Crippen LogP contribution is 2.47. The van der Waals surface area contributed by atoms with Crippen LogP contribution in [-0.2, 0) is 16.0 Å². The zero-order valence-corrected chi connectivity index (χ0v) is 18.5. The monoisotopic (exact) mass is 437 g/mol. The van der Waals surface area contributed by atoms with Gasteiger partial charge in [0.1, 0.15) is 0 Å². The first-order chi connectivity index (χ1) is 15.5. The fourth-order valence-corrected chi connectivity index (χ4v) is 3.87. The molecule has 0 aromatic heterocycles. The third-order valence-corrected chi connectivity index (χ3v) is 5.93. The summed E-state index contributed by atoms with van der Waals surface area (Å²) in [7, 11) is 3.30. The Kier molecular flexibility index (Phi) is 6.30. The van der Waals surface area contributed by atoms with Gasteiger partial charge in [0, 0.05) is 32.0 Å². The molecule has 2 atom stereocenters. The van der Waals surface area contributed by atoms with E-state index in [1.165, 1.54) is 12.5 Å². The summed E-state index contributed by atoms with van der Waals surface area (Å²) in [6.45, 7) is 2.16. The summed E-state index contributed by atoms with van der Waals surface area (Å²) < 4.78 is 16.7. The van der Waals surface area contributed by atoms with Crippen molar-refractivity contribution in [3.05, 3.63) is 53.1 Å². The van der Waals surface area contributed by atoms with Crippen LogP contribution >= 0.6 is 0 Å². The molecular formula is C24H27N3O5. The molecule has 1 fully saturated rings. The highest BCUT2D eigenvalue weighted by molar-refractivity contribution is 5.90. The molecule has 2 aromatic carbocycles. The van der Waals surface area contributed by atoms with E-state index in [1.807, 2.05) is 36.4 Å². The molecule has 0 bridgehead atoms. The van der Waals surface area contributed by atoms with Crippen LogP contribution in [0.4, 0.5) is 0 Å². The van der Waals surface area contributed by atoms with E-state index in [-0.39, 0.29) is 30.4 Å². The van der Waals surface area contributed by atoms with Crippen LogP contribution in [0, 0.1) is 5.92 Å². The van der Waals surface area contributed by atoms with Crippen molar-refractivity contribution >= 4 is 18.0 Å². The minimum absolute atomic E-state index is 0.0161. The van der Waals surface area contributed by atoms with Gasteiger partial charge in [0.2, 0.25) is 24.4 Å². The molecule has 8 heteroatoms. The molecule has 0 radical (unpaired) electrons. The van der Waals surface area contributed by atoms with Gasteiger partial charge in [-0.15, -0.1) is 0 Å². The van der Waals surface area contributed by atoms with Crippen molar-refractivity contribution in [2.24, 2.45) is 11.0 Å². The van der Waals surface area contributed by atoms with E-state index < -0.39 is 0 Å². The van der Waals surface area contributed by atoms with Crippen molar-refractivity contribution in [3.63, 3.8) is 0 Å². The fraction of sp³-hybridized carbons (Fsp3) is 0.375. The number of carbonyl (C=O) groups is 2. The number of nitrogens with zero attached hydrogens (tertiary/aromatic N) is 2. The first kappa shape index (κ1) is 21.7. The standard InChI is InChI=1S/C24H27N3O5/c1-15(28)27(2)10-9-17-11-21-23(32-14-31-21)22(30-3)20(17)13-25-26-24(29)19-12-18(19)16-7-5-4-6-8-16/h4-8,11,13,18-19H,9-10,12,14H2,1-3H3,(H,26,29). The molecule has 1 aliphatic heterocycles. The third-order valence-electron chi connectivity index (χ3n) is 5.93. The summed E-state index contributed by atoms with van der Waals surface area (Å²) in [5, 5.41) is 4.21. The minimum Gasteiger partial charge on any atom is -0.492 e. The molecule has 168 valence electrons. The van der Waals surface area contributed by atoms with Crippen molar-refractivity contribution in [2.75, 3.05) is 27.5 Å². The second kappa shape index (κ2) is 9.30. The van der Waals surface area contributed by atoms with Gasteiger partial charge in [-0.3, -0.25) is 9.59 Å². The Balaban J connectivity index is 1.49. The average molecular weight is 437 g/mol. The predicted molar refractivity (Wildman–Crippen MR) is 119 cm³/mol. The number of rotatable bonds is 8. The summed E-state index contributed by atoms with van der Waals surface area (Å²) in [6, 6.07) is 11.9. The molecule has 1 aliphatic carbocycles. The molecule has 32 heavy (non-hydrogen) atoms. The summed E-state index contributed by atoms with van der Waals surface area (Å²) in [4.78, 5) is 25.8. The van der Waals surface area contributed by atoms with Crippen LogP contribution in [0.1, 0.15) is 36.0 Å². The predicted octanol–water partition coefficient (Wildman–Crippen LogP) is 2.70. The van der Waals surface area contributed by atoms with Crippen molar-refractivity contribution in [1.29, 1.82) is 0 Å². The number of methoxy groups -OCH3 is 1. The Hall–Kier alpha value is -3.55. The zero-order chi connectivity index (χ0) is 22.7. The van der Waals surface area contributed by atoms with Crippen LogP contribution in [-0.4, -0.2) is 50.4 Å². The van der Waals surface area contributed by atoms with Gasteiger partial charge in [-0.2, -0.15) is 5.10 Å². The van der Waals surface area contributed by atoms with Gasteiger partial charge in [-0.25, -0.2) is 5.43 Å². The van der Waals surface area contributed by atoms with Gasteiger partial charge in [-0.05, 0) is 36.0 Å². The van der Waals surface area contributed by atoms with Crippen molar-refractivity contribution in [3.8, 4) is 17.2 Å². The van der Waals surface area contributed by atoms with Crippen LogP contribution < -0.4 is 19.6 Å². The van der Waals surface area contributed by atoms with Crippen LogP contribution in [0.15, 0.2) is 41.5 Å². The lowest BCUT2D eigenvalue weighted by atomic mass is 10.0. The Morgan fingerprint density at radius 3 is 2.78 bits per heavy atom. The van der Waals surface area contributed by atoms with E-state index >= 15 is 0 Å². The number of carbonyl (C=O) groups excluding carboxylic acids is 2. The molecular weight excluding hydrogens is 410 g/mol. The van der Waals surface area contributed by atoms with Crippen molar-refractivity contribution in [1.82, 2.24) is 10.3 Å². The topological polar surface area (TPSA) is 89.5 Å². The van der Waals surface area contributed by atoms with Crippen molar-refractivity contribution < 1.29 is 23.8 Å². The number of hydrogen-bond acceptors (Lipinski definition) is 6.